The van der Waals surface area contributed by atoms with E-state index in [2.05, 4.69) is 5.32 Å². The SMILES string of the molecule is O=[N+]([O-])c1ccc(CNCCCCO)cc1F. The maximum absolute atomic E-state index is 13.2. The van der Waals surface area contributed by atoms with Crippen LogP contribution in [0.15, 0.2) is 18.2 Å². The molecule has 0 aliphatic rings. The number of halogens is 1. The van der Waals surface area contributed by atoms with Crippen LogP contribution in [0.2, 0.25) is 0 Å². The molecule has 17 heavy (non-hydrogen) atoms. The number of nitrogens with zero attached hydrogens (tertiary/aromatic N) is 1. The quantitative estimate of drug-likeness (QED) is 0.432. The number of nitrogens with one attached hydrogen (secondary N) is 1. The van der Waals surface area contributed by atoms with Crippen molar-refractivity contribution in [2.45, 2.75) is 19.4 Å². The van der Waals surface area contributed by atoms with Crippen molar-refractivity contribution in [3.8, 4) is 0 Å². The van der Waals surface area contributed by atoms with Gasteiger partial charge in [-0.25, -0.2) is 0 Å². The van der Waals surface area contributed by atoms with Crippen molar-refractivity contribution in [1.82, 2.24) is 5.32 Å². The molecule has 0 aliphatic carbocycles. The number of unbranched alkanes of at least 4 members (excludes halogenated alkanes) is 1. The lowest BCUT2D eigenvalue weighted by atomic mass is 10.2. The van der Waals surface area contributed by atoms with Crippen molar-refractivity contribution < 1.29 is 14.4 Å². The van der Waals surface area contributed by atoms with Crippen LogP contribution in [0.4, 0.5) is 10.1 Å². The highest BCUT2D eigenvalue weighted by atomic mass is 19.1. The molecule has 1 rings (SSSR count). The highest BCUT2D eigenvalue weighted by molar-refractivity contribution is 5.34. The zero-order valence-electron chi connectivity index (χ0n) is 9.36. The summed E-state index contributed by atoms with van der Waals surface area (Å²) in [6.45, 7) is 1.34. The van der Waals surface area contributed by atoms with Crippen molar-refractivity contribution >= 4 is 5.69 Å². The minimum absolute atomic E-state index is 0.161. The third-order valence-electron chi connectivity index (χ3n) is 2.30. The van der Waals surface area contributed by atoms with E-state index in [4.69, 9.17) is 5.11 Å². The standard InChI is InChI=1S/C11H15FN2O3/c12-10-7-9(3-4-11(10)14(16)17)8-13-5-1-2-6-15/h3-4,7,13,15H,1-2,5-6,8H2. The lowest BCUT2D eigenvalue weighted by molar-refractivity contribution is -0.387. The van der Waals surface area contributed by atoms with E-state index in [9.17, 15) is 14.5 Å². The minimum Gasteiger partial charge on any atom is -0.396 e. The Morgan fingerprint density at radius 2 is 2.18 bits per heavy atom. The summed E-state index contributed by atoms with van der Waals surface area (Å²) in [5, 5.41) is 22.0. The summed E-state index contributed by atoms with van der Waals surface area (Å²) < 4.78 is 13.2. The summed E-state index contributed by atoms with van der Waals surface area (Å²) in [5.41, 5.74) is 0.158. The number of hydrogen-bond donors (Lipinski definition) is 2. The van der Waals surface area contributed by atoms with Gasteiger partial charge in [-0.2, -0.15) is 4.39 Å². The van der Waals surface area contributed by atoms with Gasteiger partial charge in [0.1, 0.15) is 0 Å². The van der Waals surface area contributed by atoms with Crippen LogP contribution in [-0.4, -0.2) is 23.2 Å². The minimum atomic E-state index is -0.815. The number of nitro groups is 1. The summed E-state index contributed by atoms with van der Waals surface area (Å²) in [4.78, 5) is 9.65. The molecule has 0 bridgehead atoms. The summed E-state index contributed by atoms with van der Waals surface area (Å²) in [6, 6.07) is 3.86. The Morgan fingerprint density at radius 3 is 2.76 bits per heavy atom. The van der Waals surface area contributed by atoms with E-state index in [-0.39, 0.29) is 6.61 Å². The first-order chi connectivity index (χ1) is 8.15. The van der Waals surface area contributed by atoms with Crippen LogP contribution in [0.3, 0.4) is 0 Å². The predicted molar refractivity (Wildman–Crippen MR) is 61.1 cm³/mol. The largest absolute Gasteiger partial charge is 0.396 e. The van der Waals surface area contributed by atoms with Crippen LogP contribution in [0.25, 0.3) is 0 Å². The molecule has 0 spiro atoms. The molecule has 0 unspecified atom stereocenters. The molecule has 0 aromatic heterocycles. The molecule has 0 amide bonds. The predicted octanol–water partition coefficient (Wildman–Crippen LogP) is 1.60. The van der Waals surface area contributed by atoms with Gasteiger partial charge >= 0.3 is 5.69 Å². The van der Waals surface area contributed by atoms with Gasteiger partial charge in [0, 0.05) is 19.2 Å². The molecular weight excluding hydrogens is 227 g/mol. The van der Waals surface area contributed by atoms with Crippen LogP contribution < -0.4 is 5.32 Å². The second-order valence-corrected chi connectivity index (χ2v) is 3.65. The average Bonchev–Trinajstić information content (AvgIpc) is 2.28. The molecule has 0 atom stereocenters. The number of benzene rings is 1. The Balaban J connectivity index is 2.45. The van der Waals surface area contributed by atoms with E-state index in [0.717, 1.165) is 25.5 Å². The molecule has 0 saturated carbocycles. The molecule has 6 heteroatoms. The number of rotatable bonds is 7. The molecule has 94 valence electrons. The van der Waals surface area contributed by atoms with E-state index in [1.165, 1.54) is 12.1 Å². The van der Waals surface area contributed by atoms with Gasteiger partial charge in [-0.05, 0) is 31.0 Å². The topological polar surface area (TPSA) is 75.4 Å². The zero-order chi connectivity index (χ0) is 12.7. The van der Waals surface area contributed by atoms with E-state index >= 15 is 0 Å². The first-order valence-electron chi connectivity index (χ1n) is 5.39. The molecule has 0 fully saturated rings. The average molecular weight is 242 g/mol. The van der Waals surface area contributed by atoms with Crippen LogP contribution in [0.5, 0.6) is 0 Å². The fourth-order valence-corrected chi connectivity index (χ4v) is 1.40. The summed E-state index contributed by atoms with van der Waals surface area (Å²) in [5.74, 6) is -0.815. The van der Waals surface area contributed by atoms with Gasteiger partial charge in [0.25, 0.3) is 0 Å². The summed E-state index contributed by atoms with van der Waals surface area (Å²) >= 11 is 0. The van der Waals surface area contributed by atoms with E-state index in [1.807, 2.05) is 0 Å². The normalized spacial score (nSPS) is 10.5. The van der Waals surface area contributed by atoms with Gasteiger partial charge in [0.05, 0.1) is 4.92 Å². The Bertz CT molecular complexity index is 385. The number of hydrogen-bond acceptors (Lipinski definition) is 4. The summed E-state index contributed by atoms with van der Waals surface area (Å²) in [7, 11) is 0. The first kappa shape index (κ1) is 13.5. The molecule has 0 aliphatic heterocycles. The van der Waals surface area contributed by atoms with Gasteiger partial charge in [-0.15, -0.1) is 0 Å². The molecule has 0 heterocycles. The fourth-order valence-electron chi connectivity index (χ4n) is 1.40. The van der Waals surface area contributed by atoms with Crippen molar-refractivity contribution in [3.63, 3.8) is 0 Å². The maximum atomic E-state index is 13.2. The lowest BCUT2D eigenvalue weighted by Gasteiger charge is -2.04. The van der Waals surface area contributed by atoms with Gasteiger partial charge in [-0.3, -0.25) is 10.1 Å². The first-order valence-corrected chi connectivity index (χ1v) is 5.39. The van der Waals surface area contributed by atoms with Crippen LogP contribution >= 0.6 is 0 Å². The van der Waals surface area contributed by atoms with Gasteiger partial charge in [-0.1, -0.05) is 6.07 Å². The maximum Gasteiger partial charge on any atom is 0.304 e. The number of nitro benzene ring substituents is 1. The molecule has 2 N–H and O–H groups in total. The molecule has 5 nitrogen and oxygen atoms in total. The van der Waals surface area contributed by atoms with E-state index < -0.39 is 16.4 Å². The van der Waals surface area contributed by atoms with Crippen molar-refractivity contribution in [2.24, 2.45) is 0 Å². The second-order valence-electron chi connectivity index (χ2n) is 3.65. The molecule has 0 saturated heterocycles. The molecule has 0 radical (unpaired) electrons. The number of aliphatic hydroxyl groups is 1. The monoisotopic (exact) mass is 242 g/mol. The van der Waals surface area contributed by atoms with Gasteiger partial charge in [0.2, 0.25) is 5.82 Å². The molecule has 1 aromatic carbocycles. The Morgan fingerprint density at radius 1 is 1.41 bits per heavy atom. The van der Waals surface area contributed by atoms with Crippen LogP contribution in [-0.2, 0) is 6.54 Å². The highest BCUT2D eigenvalue weighted by Crippen LogP contribution is 2.17. The molecular formula is C11H15FN2O3. The van der Waals surface area contributed by atoms with Gasteiger partial charge < -0.3 is 10.4 Å². The zero-order valence-corrected chi connectivity index (χ0v) is 9.36. The third kappa shape index (κ3) is 4.46. The Labute approximate surface area is 98.4 Å². The Kier molecular flexibility index (Phi) is 5.51. The van der Waals surface area contributed by atoms with Crippen LogP contribution in [0.1, 0.15) is 18.4 Å². The highest BCUT2D eigenvalue weighted by Gasteiger charge is 2.13. The smallest absolute Gasteiger partial charge is 0.304 e. The number of aliphatic hydroxyl groups excluding tert-OH is 1. The van der Waals surface area contributed by atoms with E-state index in [1.54, 1.807) is 0 Å². The summed E-state index contributed by atoms with van der Waals surface area (Å²) in [6.07, 6.45) is 1.56. The molecule has 1 aromatic rings. The van der Waals surface area contributed by atoms with Crippen molar-refractivity contribution in [2.75, 3.05) is 13.2 Å². The lowest BCUT2D eigenvalue weighted by Crippen LogP contribution is -2.15. The van der Waals surface area contributed by atoms with E-state index in [0.29, 0.717) is 12.1 Å². The van der Waals surface area contributed by atoms with Crippen molar-refractivity contribution in [3.05, 3.63) is 39.7 Å². The second kappa shape index (κ2) is 6.93. The van der Waals surface area contributed by atoms with Crippen molar-refractivity contribution in [1.29, 1.82) is 0 Å². The third-order valence-corrected chi connectivity index (χ3v) is 2.30. The Hall–Kier alpha value is -1.53. The fraction of sp³-hybridized carbons (Fsp3) is 0.455. The van der Waals surface area contributed by atoms with Gasteiger partial charge in [0.15, 0.2) is 0 Å². The van der Waals surface area contributed by atoms with Crippen LogP contribution in [0, 0.1) is 15.9 Å².